The van der Waals surface area contributed by atoms with Crippen LogP contribution in [0, 0.1) is 0 Å². The molecule has 0 saturated heterocycles. The molecule has 110 valence electrons. The third kappa shape index (κ3) is 3.83. The molecule has 0 fully saturated rings. The van der Waals surface area contributed by atoms with Crippen molar-refractivity contribution in [3.8, 4) is 11.5 Å². The highest BCUT2D eigenvalue weighted by molar-refractivity contribution is 6.59. The van der Waals surface area contributed by atoms with Gasteiger partial charge < -0.3 is 19.5 Å². The summed E-state index contributed by atoms with van der Waals surface area (Å²) in [6, 6.07) is 10.1. The highest BCUT2D eigenvalue weighted by atomic mass is 35.5. The van der Waals surface area contributed by atoms with Crippen molar-refractivity contribution >= 4 is 35.8 Å². The van der Waals surface area contributed by atoms with E-state index in [9.17, 15) is 10.0 Å². The first-order valence-corrected chi connectivity index (χ1v) is 6.88. The highest BCUT2D eigenvalue weighted by Crippen LogP contribution is 2.32. The van der Waals surface area contributed by atoms with Gasteiger partial charge in [0.1, 0.15) is 12.4 Å². The summed E-state index contributed by atoms with van der Waals surface area (Å²) in [5, 5.41) is 19.5. The van der Waals surface area contributed by atoms with Crippen molar-refractivity contribution in [3.05, 3.63) is 52.0 Å². The summed E-state index contributed by atoms with van der Waals surface area (Å²) in [6.45, 7) is 0.188. The van der Waals surface area contributed by atoms with Gasteiger partial charge in [0.25, 0.3) is 0 Å². The van der Waals surface area contributed by atoms with Gasteiger partial charge in [0.15, 0.2) is 5.75 Å². The van der Waals surface area contributed by atoms with Crippen molar-refractivity contribution in [2.24, 2.45) is 0 Å². The molecule has 0 unspecified atom stereocenters. The summed E-state index contributed by atoms with van der Waals surface area (Å²) in [5.74, 6) is 0.785. The molecule has 0 saturated carbocycles. The van der Waals surface area contributed by atoms with Crippen molar-refractivity contribution in [2.45, 2.75) is 6.61 Å². The standard InChI is InChI=1S/C14H13BCl2O4/c1-20-13-6-5-9(7-10(13)15(18)19)8-21-14-11(16)3-2-4-12(14)17/h2-7,18-19H,8H2,1H3. The van der Waals surface area contributed by atoms with Crippen LogP contribution < -0.4 is 14.9 Å². The van der Waals surface area contributed by atoms with E-state index in [-0.39, 0.29) is 12.1 Å². The lowest BCUT2D eigenvalue weighted by atomic mass is 9.79. The van der Waals surface area contributed by atoms with Crippen molar-refractivity contribution in [1.29, 1.82) is 0 Å². The van der Waals surface area contributed by atoms with E-state index in [1.54, 1.807) is 36.4 Å². The maximum Gasteiger partial charge on any atom is 0.492 e. The van der Waals surface area contributed by atoms with E-state index in [1.807, 2.05) is 0 Å². The maximum atomic E-state index is 9.33. The summed E-state index contributed by atoms with van der Waals surface area (Å²) in [5.41, 5.74) is 0.999. The van der Waals surface area contributed by atoms with E-state index in [4.69, 9.17) is 32.7 Å². The maximum absolute atomic E-state index is 9.33. The fraction of sp³-hybridized carbons (Fsp3) is 0.143. The Morgan fingerprint density at radius 1 is 1.10 bits per heavy atom. The molecule has 0 amide bonds. The first kappa shape index (κ1) is 16.0. The minimum absolute atomic E-state index is 0.188. The predicted molar refractivity (Wildman–Crippen MR) is 83.6 cm³/mol. The van der Waals surface area contributed by atoms with Crippen LogP contribution in [0.4, 0.5) is 0 Å². The Morgan fingerprint density at radius 2 is 1.76 bits per heavy atom. The predicted octanol–water partition coefficient (Wildman–Crippen LogP) is 2.26. The summed E-state index contributed by atoms with van der Waals surface area (Å²) in [6.07, 6.45) is 0. The number of hydrogen-bond donors (Lipinski definition) is 2. The Bertz CT molecular complexity index is 614. The van der Waals surface area contributed by atoms with Gasteiger partial charge in [0.2, 0.25) is 0 Å². The molecule has 0 atom stereocenters. The second-order valence-electron chi connectivity index (χ2n) is 4.29. The van der Waals surface area contributed by atoms with E-state index < -0.39 is 7.12 Å². The van der Waals surface area contributed by atoms with E-state index in [0.29, 0.717) is 21.5 Å². The van der Waals surface area contributed by atoms with Gasteiger partial charge in [-0.2, -0.15) is 0 Å². The van der Waals surface area contributed by atoms with E-state index in [0.717, 1.165) is 5.56 Å². The van der Waals surface area contributed by atoms with Crippen molar-refractivity contribution in [1.82, 2.24) is 0 Å². The first-order valence-electron chi connectivity index (χ1n) is 6.12. The van der Waals surface area contributed by atoms with Crippen LogP contribution in [0.2, 0.25) is 10.0 Å². The molecule has 2 N–H and O–H groups in total. The third-order valence-corrected chi connectivity index (χ3v) is 3.47. The normalized spacial score (nSPS) is 10.3. The number of hydrogen-bond acceptors (Lipinski definition) is 4. The number of benzene rings is 2. The number of ether oxygens (including phenoxy) is 2. The highest BCUT2D eigenvalue weighted by Gasteiger charge is 2.17. The molecule has 2 aromatic carbocycles. The number of para-hydroxylation sites is 1. The van der Waals surface area contributed by atoms with Crippen molar-refractivity contribution in [3.63, 3.8) is 0 Å². The Kier molecular flexibility index (Phi) is 5.36. The Morgan fingerprint density at radius 3 is 2.33 bits per heavy atom. The third-order valence-electron chi connectivity index (χ3n) is 2.87. The molecule has 2 rings (SSSR count). The van der Waals surface area contributed by atoms with Crippen LogP contribution in [0.1, 0.15) is 5.56 Å². The summed E-state index contributed by atoms with van der Waals surface area (Å²) in [4.78, 5) is 0. The zero-order valence-corrected chi connectivity index (χ0v) is 12.7. The van der Waals surface area contributed by atoms with Crippen LogP contribution in [0.15, 0.2) is 36.4 Å². The number of halogens is 2. The number of methoxy groups -OCH3 is 1. The molecule has 0 radical (unpaired) electrons. The van der Waals surface area contributed by atoms with Gasteiger partial charge in [0, 0.05) is 5.46 Å². The van der Waals surface area contributed by atoms with E-state index >= 15 is 0 Å². The lowest BCUT2D eigenvalue weighted by Gasteiger charge is -2.12. The summed E-state index contributed by atoms with van der Waals surface area (Å²) < 4.78 is 10.7. The summed E-state index contributed by atoms with van der Waals surface area (Å²) in [7, 11) is -0.162. The molecular weight excluding hydrogens is 314 g/mol. The molecule has 0 aliphatic rings. The van der Waals surface area contributed by atoms with Gasteiger partial charge in [-0.1, -0.05) is 41.4 Å². The Hall–Kier alpha value is -1.40. The van der Waals surface area contributed by atoms with Crippen LogP contribution in [-0.4, -0.2) is 24.3 Å². The lowest BCUT2D eigenvalue weighted by molar-refractivity contribution is 0.306. The van der Waals surface area contributed by atoms with Crippen LogP contribution in [0.5, 0.6) is 11.5 Å². The average Bonchev–Trinajstić information content (AvgIpc) is 2.46. The SMILES string of the molecule is COc1ccc(COc2c(Cl)cccc2Cl)cc1B(O)O. The largest absolute Gasteiger partial charge is 0.497 e. The molecule has 0 heterocycles. The summed E-state index contributed by atoms with van der Waals surface area (Å²) >= 11 is 12.0. The topological polar surface area (TPSA) is 58.9 Å². The monoisotopic (exact) mass is 326 g/mol. The van der Waals surface area contributed by atoms with E-state index in [1.165, 1.54) is 7.11 Å². The zero-order chi connectivity index (χ0) is 15.4. The van der Waals surface area contributed by atoms with Gasteiger partial charge in [-0.3, -0.25) is 0 Å². The molecule has 2 aromatic rings. The quantitative estimate of drug-likeness (QED) is 0.827. The molecule has 0 spiro atoms. The minimum Gasteiger partial charge on any atom is -0.497 e. The van der Waals surface area contributed by atoms with Crippen molar-refractivity contribution in [2.75, 3.05) is 7.11 Å². The van der Waals surface area contributed by atoms with Crippen LogP contribution in [-0.2, 0) is 6.61 Å². The number of rotatable bonds is 5. The van der Waals surface area contributed by atoms with Gasteiger partial charge in [-0.15, -0.1) is 0 Å². The minimum atomic E-state index is -1.62. The fourth-order valence-corrected chi connectivity index (χ4v) is 2.36. The zero-order valence-electron chi connectivity index (χ0n) is 11.2. The molecule has 0 bridgehead atoms. The van der Waals surface area contributed by atoms with Gasteiger partial charge in [0.05, 0.1) is 17.2 Å². The molecule has 0 aliphatic heterocycles. The van der Waals surface area contributed by atoms with Crippen LogP contribution >= 0.6 is 23.2 Å². The Balaban J connectivity index is 2.19. The molecule has 0 aromatic heterocycles. The second-order valence-corrected chi connectivity index (χ2v) is 5.10. The molecule has 21 heavy (non-hydrogen) atoms. The van der Waals surface area contributed by atoms with Gasteiger partial charge in [-0.25, -0.2) is 0 Å². The molecule has 4 nitrogen and oxygen atoms in total. The lowest BCUT2D eigenvalue weighted by Crippen LogP contribution is -2.31. The smallest absolute Gasteiger partial charge is 0.492 e. The second kappa shape index (κ2) is 7.05. The van der Waals surface area contributed by atoms with Crippen LogP contribution in [0.25, 0.3) is 0 Å². The van der Waals surface area contributed by atoms with Gasteiger partial charge >= 0.3 is 7.12 Å². The molecular formula is C14H13BCl2O4. The fourth-order valence-electron chi connectivity index (χ4n) is 1.85. The Labute approximate surface area is 133 Å². The van der Waals surface area contributed by atoms with Gasteiger partial charge in [-0.05, 0) is 23.8 Å². The molecule has 0 aliphatic carbocycles. The average molecular weight is 327 g/mol. The van der Waals surface area contributed by atoms with Crippen LogP contribution in [0.3, 0.4) is 0 Å². The first-order chi connectivity index (χ1) is 10.0. The molecule has 7 heteroatoms. The van der Waals surface area contributed by atoms with Crippen molar-refractivity contribution < 1.29 is 19.5 Å². The van der Waals surface area contributed by atoms with E-state index in [2.05, 4.69) is 0 Å².